The average molecular weight is 256 g/mol. The second-order valence-electron chi connectivity index (χ2n) is 3.29. The smallest absolute Gasteiger partial charge is 0.138 e. The molecule has 0 aliphatic carbocycles. The summed E-state index contributed by atoms with van der Waals surface area (Å²) in [7, 11) is 0. The maximum absolute atomic E-state index is 5.89. The molecule has 0 amide bonds. The molecule has 17 heavy (non-hydrogen) atoms. The first-order valence-electron chi connectivity index (χ1n) is 6.04. The molecule has 0 atom stereocenters. The fourth-order valence-electron chi connectivity index (χ4n) is 1.13. The highest BCUT2D eigenvalue weighted by Crippen LogP contribution is 2.21. The lowest BCUT2D eigenvalue weighted by Gasteiger charge is -1.95. The third-order valence-electron chi connectivity index (χ3n) is 1.77. The molecule has 2 heterocycles. The van der Waals surface area contributed by atoms with Crippen molar-refractivity contribution in [1.82, 2.24) is 9.97 Å². The quantitative estimate of drug-likeness (QED) is 0.805. The molecule has 0 aliphatic heterocycles. The van der Waals surface area contributed by atoms with Crippen LogP contribution in [0.4, 0.5) is 0 Å². The van der Waals surface area contributed by atoms with Crippen LogP contribution in [-0.4, -0.2) is 9.97 Å². The van der Waals surface area contributed by atoms with Gasteiger partial charge in [0, 0.05) is 24.3 Å². The third-order valence-corrected chi connectivity index (χ3v) is 2.09. The van der Waals surface area contributed by atoms with Crippen LogP contribution in [0.2, 0.25) is 5.02 Å². The normalized spacial score (nSPS) is 9.06. The molecule has 4 heteroatoms. The predicted molar refractivity (Wildman–Crippen MR) is 76.3 cm³/mol. The van der Waals surface area contributed by atoms with Crippen molar-refractivity contribution in [2.45, 2.75) is 40.7 Å². The van der Waals surface area contributed by atoms with Crippen LogP contribution in [0.15, 0.2) is 18.5 Å². The Morgan fingerprint density at radius 3 is 2.47 bits per heavy atom. The summed E-state index contributed by atoms with van der Waals surface area (Å²) in [6, 6.07) is 1.95. The second-order valence-corrected chi connectivity index (χ2v) is 3.69. The molecule has 0 spiro atoms. The zero-order valence-electron chi connectivity index (χ0n) is 11.0. The first-order valence-corrected chi connectivity index (χ1v) is 6.42. The van der Waals surface area contributed by atoms with E-state index in [4.69, 9.17) is 17.3 Å². The van der Waals surface area contributed by atoms with Gasteiger partial charge in [-0.15, -0.1) is 0 Å². The van der Waals surface area contributed by atoms with Crippen molar-refractivity contribution in [3.8, 4) is 0 Å². The van der Waals surface area contributed by atoms with Crippen molar-refractivity contribution in [1.29, 1.82) is 0 Å². The average Bonchev–Trinajstić information content (AvgIpc) is 2.74. The summed E-state index contributed by atoms with van der Waals surface area (Å²) in [6.45, 7) is 8.74. The number of aromatic amines is 1. The van der Waals surface area contributed by atoms with Gasteiger partial charge >= 0.3 is 0 Å². The molecular weight excluding hydrogens is 234 g/mol. The fourth-order valence-corrected chi connectivity index (χ4v) is 1.32. The standard InChI is InChI=1S/C8H8ClN3.C3H8.C2H6/c9-7-4-12-8-6(7)1-5(2-10)3-11-8;1-3-2;1-2/h1,3-4H,2,10H2,(H,11,12);3H2,1-2H3;1-2H3. The highest BCUT2D eigenvalue weighted by atomic mass is 35.5. The number of pyridine rings is 1. The summed E-state index contributed by atoms with van der Waals surface area (Å²) in [5, 5.41) is 1.62. The third kappa shape index (κ3) is 4.75. The van der Waals surface area contributed by atoms with Crippen LogP contribution < -0.4 is 5.73 Å². The minimum Gasteiger partial charge on any atom is -0.345 e. The number of halogens is 1. The van der Waals surface area contributed by atoms with Gasteiger partial charge in [-0.3, -0.25) is 0 Å². The van der Waals surface area contributed by atoms with Crippen LogP contribution >= 0.6 is 11.6 Å². The number of nitrogens with zero attached hydrogens (tertiary/aromatic N) is 1. The van der Waals surface area contributed by atoms with E-state index in [2.05, 4.69) is 23.8 Å². The van der Waals surface area contributed by atoms with Crippen molar-refractivity contribution in [2.75, 3.05) is 0 Å². The number of hydrogen-bond donors (Lipinski definition) is 2. The molecule has 0 saturated carbocycles. The maximum atomic E-state index is 5.89. The Hall–Kier alpha value is -1.06. The SMILES string of the molecule is CC.CCC.NCc1cnc2[nH]cc(Cl)c2c1. The Labute approximate surface area is 108 Å². The molecule has 2 rings (SSSR count). The van der Waals surface area contributed by atoms with Gasteiger partial charge in [0.15, 0.2) is 0 Å². The topological polar surface area (TPSA) is 54.7 Å². The molecular formula is C13H22ClN3. The number of hydrogen-bond acceptors (Lipinski definition) is 2. The lowest BCUT2D eigenvalue weighted by Crippen LogP contribution is -1.96. The largest absolute Gasteiger partial charge is 0.345 e. The van der Waals surface area contributed by atoms with E-state index in [-0.39, 0.29) is 0 Å². The molecule has 0 fully saturated rings. The summed E-state index contributed by atoms with van der Waals surface area (Å²) in [4.78, 5) is 7.11. The number of aromatic nitrogens is 2. The summed E-state index contributed by atoms with van der Waals surface area (Å²) in [6.07, 6.45) is 4.72. The number of H-pyrrole nitrogens is 1. The van der Waals surface area contributed by atoms with Gasteiger partial charge in [-0.2, -0.15) is 0 Å². The Morgan fingerprint density at radius 2 is 1.94 bits per heavy atom. The Bertz CT molecular complexity index is 424. The lowest BCUT2D eigenvalue weighted by atomic mass is 10.2. The molecule has 0 unspecified atom stereocenters. The van der Waals surface area contributed by atoms with Gasteiger partial charge in [0.1, 0.15) is 5.65 Å². The zero-order chi connectivity index (χ0) is 13.3. The number of rotatable bonds is 1. The molecule has 2 aromatic heterocycles. The van der Waals surface area contributed by atoms with Gasteiger partial charge in [0.05, 0.1) is 5.02 Å². The molecule has 0 bridgehead atoms. The highest BCUT2D eigenvalue weighted by Gasteiger charge is 2.01. The Morgan fingerprint density at radius 1 is 1.35 bits per heavy atom. The van der Waals surface area contributed by atoms with Gasteiger partial charge in [-0.05, 0) is 11.6 Å². The van der Waals surface area contributed by atoms with Gasteiger partial charge in [-0.25, -0.2) is 4.98 Å². The van der Waals surface area contributed by atoms with Gasteiger partial charge in [-0.1, -0.05) is 45.7 Å². The van der Waals surface area contributed by atoms with Crippen LogP contribution in [-0.2, 0) is 6.54 Å². The fraction of sp³-hybridized carbons (Fsp3) is 0.462. The minimum atomic E-state index is 0.491. The van der Waals surface area contributed by atoms with E-state index in [9.17, 15) is 0 Å². The van der Waals surface area contributed by atoms with Crippen molar-refractivity contribution in [2.24, 2.45) is 5.73 Å². The highest BCUT2D eigenvalue weighted by molar-refractivity contribution is 6.35. The van der Waals surface area contributed by atoms with E-state index >= 15 is 0 Å². The van der Waals surface area contributed by atoms with Gasteiger partial charge in [0.2, 0.25) is 0 Å². The summed E-state index contributed by atoms with van der Waals surface area (Å²) in [5.41, 5.74) is 7.26. The maximum Gasteiger partial charge on any atom is 0.138 e. The van der Waals surface area contributed by atoms with Crippen LogP contribution in [0.3, 0.4) is 0 Å². The van der Waals surface area contributed by atoms with Crippen molar-refractivity contribution >= 4 is 22.6 Å². The van der Waals surface area contributed by atoms with E-state index in [1.54, 1.807) is 12.4 Å². The first-order chi connectivity index (χ1) is 8.22. The molecule has 0 radical (unpaired) electrons. The van der Waals surface area contributed by atoms with Gasteiger partial charge < -0.3 is 10.7 Å². The number of fused-ring (bicyclic) bond motifs is 1. The molecule has 3 N–H and O–H groups in total. The minimum absolute atomic E-state index is 0.491. The van der Waals surface area contributed by atoms with Crippen LogP contribution in [0, 0.1) is 0 Å². The number of nitrogens with two attached hydrogens (primary N) is 1. The monoisotopic (exact) mass is 255 g/mol. The first kappa shape index (κ1) is 15.9. The molecule has 2 aromatic rings. The van der Waals surface area contributed by atoms with Crippen LogP contribution in [0.25, 0.3) is 11.0 Å². The molecule has 96 valence electrons. The molecule has 0 aromatic carbocycles. The van der Waals surface area contributed by atoms with E-state index in [0.717, 1.165) is 16.6 Å². The van der Waals surface area contributed by atoms with Crippen molar-refractivity contribution in [3.63, 3.8) is 0 Å². The van der Waals surface area contributed by atoms with E-state index in [0.29, 0.717) is 11.6 Å². The van der Waals surface area contributed by atoms with Crippen molar-refractivity contribution in [3.05, 3.63) is 29.0 Å². The number of nitrogens with one attached hydrogen (secondary N) is 1. The second kappa shape index (κ2) is 9.02. The molecule has 3 nitrogen and oxygen atoms in total. The summed E-state index contributed by atoms with van der Waals surface area (Å²) >= 11 is 5.89. The van der Waals surface area contributed by atoms with E-state index < -0.39 is 0 Å². The summed E-state index contributed by atoms with van der Waals surface area (Å²) < 4.78 is 0. The van der Waals surface area contributed by atoms with Crippen LogP contribution in [0.1, 0.15) is 39.7 Å². The van der Waals surface area contributed by atoms with E-state index in [1.165, 1.54) is 6.42 Å². The molecule has 0 saturated heterocycles. The van der Waals surface area contributed by atoms with E-state index in [1.807, 2.05) is 19.9 Å². The Kier molecular flexibility index (Phi) is 8.46. The Balaban J connectivity index is 0.000000450. The lowest BCUT2D eigenvalue weighted by molar-refractivity contribution is 1.06. The van der Waals surface area contributed by atoms with Crippen LogP contribution in [0.5, 0.6) is 0 Å². The molecule has 0 aliphatic rings. The van der Waals surface area contributed by atoms with Crippen molar-refractivity contribution < 1.29 is 0 Å². The zero-order valence-corrected chi connectivity index (χ0v) is 11.8. The summed E-state index contributed by atoms with van der Waals surface area (Å²) in [5.74, 6) is 0. The van der Waals surface area contributed by atoms with Gasteiger partial charge in [0.25, 0.3) is 0 Å². The predicted octanol–water partition coefficient (Wildman–Crippen LogP) is 4.12.